The molecule has 4 nitrogen and oxygen atoms in total. The lowest BCUT2D eigenvalue weighted by Crippen LogP contribution is -2.38. The molecule has 0 atom stereocenters. The molecule has 4 heteroatoms. The number of hydrogen-bond acceptors (Lipinski definition) is 3. The van der Waals surface area contributed by atoms with Gasteiger partial charge in [0, 0.05) is 31.5 Å². The summed E-state index contributed by atoms with van der Waals surface area (Å²) in [6.07, 6.45) is 7.49. The molecule has 3 heterocycles. The van der Waals surface area contributed by atoms with E-state index in [4.69, 9.17) is 0 Å². The Morgan fingerprint density at radius 1 is 1.04 bits per heavy atom. The van der Waals surface area contributed by atoms with Gasteiger partial charge in [0.05, 0.1) is 5.56 Å². The molecule has 0 bridgehead atoms. The van der Waals surface area contributed by atoms with Gasteiger partial charge in [0.1, 0.15) is 5.82 Å². The van der Waals surface area contributed by atoms with Crippen LogP contribution in [-0.2, 0) is 6.42 Å². The van der Waals surface area contributed by atoms with Crippen molar-refractivity contribution in [3.8, 4) is 0 Å². The number of amides is 1. The number of nitrogens with zero attached hydrogens (tertiary/aromatic N) is 3. The Balaban J connectivity index is 1.69. The normalized spacial score (nSPS) is 17.3. The Morgan fingerprint density at radius 2 is 1.88 bits per heavy atom. The molecule has 2 aromatic rings. The molecule has 0 radical (unpaired) electrons. The standard InChI is InChI=1S/C21H25N3O/c1-16-9-10-19-17(15-16)7-6-14-24(19)21(25)18-8-5-11-22-20(18)23-12-3-2-4-13-23/h5,8-11,15H,2-4,6-7,12-14H2,1H3. The van der Waals surface area contributed by atoms with Crippen LogP contribution < -0.4 is 9.80 Å². The highest BCUT2D eigenvalue weighted by atomic mass is 16.2. The van der Waals surface area contributed by atoms with Crippen molar-refractivity contribution in [2.45, 2.75) is 39.0 Å². The van der Waals surface area contributed by atoms with E-state index in [1.54, 1.807) is 6.20 Å². The predicted octanol–water partition coefficient (Wildman–Crippen LogP) is 3.97. The van der Waals surface area contributed by atoms with Crippen LogP contribution in [0, 0.1) is 6.92 Å². The molecule has 2 aliphatic heterocycles. The van der Waals surface area contributed by atoms with Crippen molar-refractivity contribution < 1.29 is 4.79 Å². The lowest BCUT2D eigenvalue weighted by atomic mass is 9.98. The molecular formula is C21H25N3O. The second kappa shape index (κ2) is 6.87. The lowest BCUT2D eigenvalue weighted by molar-refractivity contribution is 0.0985. The van der Waals surface area contributed by atoms with Gasteiger partial charge >= 0.3 is 0 Å². The zero-order valence-corrected chi connectivity index (χ0v) is 14.9. The fraction of sp³-hybridized carbons (Fsp3) is 0.429. The van der Waals surface area contributed by atoms with Crippen LogP contribution in [0.15, 0.2) is 36.5 Å². The quantitative estimate of drug-likeness (QED) is 0.833. The average Bonchev–Trinajstić information content (AvgIpc) is 2.67. The molecule has 1 fully saturated rings. The molecule has 1 aromatic carbocycles. The van der Waals surface area contributed by atoms with E-state index in [0.717, 1.165) is 49.5 Å². The topological polar surface area (TPSA) is 36.4 Å². The Hall–Kier alpha value is -2.36. The smallest absolute Gasteiger partial charge is 0.262 e. The highest BCUT2D eigenvalue weighted by Crippen LogP contribution is 2.31. The third-order valence-electron chi connectivity index (χ3n) is 5.27. The van der Waals surface area contributed by atoms with Crippen LogP contribution in [0.3, 0.4) is 0 Å². The van der Waals surface area contributed by atoms with Crippen LogP contribution in [0.25, 0.3) is 0 Å². The second-order valence-electron chi connectivity index (χ2n) is 7.11. The van der Waals surface area contributed by atoms with Crippen molar-refractivity contribution in [1.82, 2.24) is 4.98 Å². The number of aryl methyl sites for hydroxylation is 2. The van der Waals surface area contributed by atoms with Crippen LogP contribution in [0.4, 0.5) is 11.5 Å². The molecule has 0 spiro atoms. The molecule has 0 aliphatic carbocycles. The second-order valence-corrected chi connectivity index (χ2v) is 7.11. The van der Waals surface area contributed by atoms with Crippen LogP contribution in [0.5, 0.6) is 0 Å². The Morgan fingerprint density at radius 3 is 2.72 bits per heavy atom. The van der Waals surface area contributed by atoms with Gasteiger partial charge in [-0.3, -0.25) is 4.79 Å². The zero-order chi connectivity index (χ0) is 17.2. The number of carbonyl (C=O) groups is 1. The Kier molecular flexibility index (Phi) is 4.43. The maximum absolute atomic E-state index is 13.4. The summed E-state index contributed by atoms with van der Waals surface area (Å²) in [7, 11) is 0. The molecule has 1 saturated heterocycles. The highest BCUT2D eigenvalue weighted by molar-refractivity contribution is 6.09. The molecule has 1 amide bonds. The third-order valence-corrected chi connectivity index (χ3v) is 5.27. The number of carbonyl (C=O) groups excluding carboxylic acids is 1. The first-order valence-electron chi connectivity index (χ1n) is 9.35. The molecule has 25 heavy (non-hydrogen) atoms. The van der Waals surface area contributed by atoms with Gasteiger partial charge in [-0.05, 0) is 62.8 Å². The van der Waals surface area contributed by atoms with E-state index >= 15 is 0 Å². The average molecular weight is 335 g/mol. The molecular weight excluding hydrogens is 310 g/mol. The minimum absolute atomic E-state index is 0.0819. The summed E-state index contributed by atoms with van der Waals surface area (Å²) < 4.78 is 0. The summed E-state index contributed by atoms with van der Waals surface area (Å²) in [5.41, 5.74) is 4.33. The van der Waals surface area contributed by atoms with E-state index in [1.807, 2.05) is 17.0 Å². The fourth-order valence-electron chi connectivity index (χ4n) is 4.00. The van der Waals surface area contributed by atoms with E-state index < -0.39 is 0 Å². The summed E-state index contributed by atoms with van der Waals surface area (Å²) in [4.78, 5) is 22.2. The van der Waals surface area contributed by atoms with Crippen molar-refractivity contribution in [2.24, 2.45) is 0 Å². The van der Waals surface area contributed by atoms with E-state index in [-0.39, 0.29) is 5.91 Å². The number of pyridine rings is 1. The van der Waals surface area contributed by atoms with Gasteiger partial charge in [0.25, 0.3) is 5.91 Å². The Bertz CT molecular complexity index is 780. The Labute approximate surface area is 149 Å². The van der Waals surface area contributed by atoms with Crippen molar-refractivity contribution in [3.05, 3.63) is 53.2 Å². The van der Waals surface area contributed by atoms with E-state index in [0.29, 0.717) is 0 Å². The molecule has 0 N–H and O–H groups in total. The third kappa shape index (κ3) is 3.13. The fourth-order valence-corrected chi connectivity index (χ4v) is 4.00. The summed E-state index contributed by atoms with van der Waals surface area (Å²) >= 11 is 0. The van der Waals surface area contributed by atoms with Crippen molar-refractivity contribution in [2.75, 3.05) is 29.4 Å². The van der Waals surface area contributed by atoms with Gasteiger partial charge in [-0.2, -0.15) is 0 Å². The van der Waals surface area contributed by atoms with Gasteiger partial charge in [0.15, 0.2) is 0 Å². The molecule has 0 unspecified atom stereocenters. The van der Waals surface area contributed by atoms with Crippen LogP contribution in [-0.4, -0.2) is 30.5 Å². The summed E-state index contributed by atoms with van der Waals surface area (Å²) in [6.45, 7) is 4.88. The van der Waals surface area contributed by atoms with Gasteiger partial charge in [-0.25, -0.2) is 4.98 Å². The monoisotopic (exact) mass is 335 g/mol. The van der Waals surface area contributed by atoms with Crippen LogP contribution >= 0.6 is 0 Å². The first-order valence-corrected chi connectivity index (χ1v) is 9.35. The first-order chi connectivity index (χ1) is 12.2. The van der Waals surface area contributed by atoms with E-state index in [9.17, 15) is 4.79 Å². The maximum atomic E-state index is 13.4. The van der Waals surface area contributed by atoms with E-state index in [1.165, 1.54) is 30.4 Å². The largest absolute Gasteiger partial charge is 0.356 e. The zero-order valence-electron chi connectivity index (χ0n) is 14.9. The number of benzene rings is 1. The summed E-state index contributed by atoms with van der Waals surface area (Å²) in [5, 5.41) is 0. The van der Waals surface area contributed by atoms with Crippen molar-refractivity contribution in [3.63, 3.8) is 0 Å². The first kappa shape index (κ1) is 16.1. The molecule has 130 valence electrons. The van der Waals surface area contributed by atoms with Crippen LogP contribution in [0.2, 0.25) is 0 Å². The highest BCUT2D eigenvalue weighted by Gasteiger charge is 2.27. The minimum Gasteiger partial charge on any atom is -0.356 e. The predicted molar refractivity (Wildman–Crippen MR) is 101 cm³/mol. The summed E-state index contributed by atoms with van der Waals surface area (Å²) in [6, 6.07) is 10.2. The van der Waals surface area contributed by atoms with Crippen LogP contribution in [0.1, 0.15) is 47.2 Å². The number of fused-ring (bicyclic) bond motifs is 1. The van der Waals surface area contributed by atoms with Gasteiger partial charge in [-0.15, -0.1) is 0 Å². The van der Waals surface area contributed by atoms with Crippen molar-refractivity contribution >= 4 is 17.4 Å². The maximum Gasteiger partial charge on any atom is 0.262 e. The van der Waals surface area contributed by atoms with Crippen molar-refractivity contribution in [1.29, 1.82) is 0 Å². The van der Waals surface area contributed by atoms with E-state index in [2.05, 4.69) is 35.0 Å². The number of aromatic nitrogens is 1. The van der Waals surface area contributed by atoms with Gasteiger partial charge in [-0.1, -0.05) is 17.7 Å². The lowest BCUT2D eigenvalue weighted by Gasteiger charge is -2.33. The molecule has 4 rings (SSSR count). The minimum atomic E-state index is 0.0819. The number of rotatable bonds is 2. The van der Waals surface area contributed by atoms with Gasteiger partial charge in [0.2, 0.25) is 0 Å². The number of hydrogen-bond donors (Lipinski definition) is 0. The molecule has 0 saturated carbocycles. The summed E-state index contributed by atoms with van der Waals surface area (Å²) in [5.74, 6) is 0.935. The molecule has 1 aromatic heterocycles. The number of piperidine rings is 1. The number of anilines is 2. The van der Waals surface area contributed by atoms with Gasteiger partial charge < -0.3 is 9.80 Å². The molecule has 2 aliphatic rings. The SMILES string of the molecule is Cc1ccc2c(c1)CCCN2C(=O)c1cccnc1N1CCCCC1.